The van der Waals surface area contributed by atoms with Gasteiger partial charge in [-0.2, -0.15) is 0 Å². The summed E-state index contributed by atoms with van der Waals surface area (Å²) in [4.78, 5) is 8.00. The van der Waals surface area contributed by atoms with Crippen LogP contribution in [0, 0.1) is 5.92 Å². The summed E-state index contributed by atoms with van der Waals surface area (Å²) >= 11 is 0. The minimum Gasteiger partial charge on any atom is -0.494 e. The van der Waals surface area contributed by atoms with Crippen molar-refractivity contribution >= 4 is 6.79 Å². The van der Waals surface area contributed by atoms with Crippen molar-refractivity contribution in [1.29, 1.82) is 0 Å². The van der Waals surface area contributed by atoms with Gasteiger partial charge in [-0.05, 0) is 57.7 Å². The molecule has 3 heteroatoms. The monoisotopic (exact) mass is 282 g/mol. The Hall–Kier alpha value is -1.35. The van der Waals surface area contributed by atoms with Gasteiger partial charge in [-0.1, -0.05) is 26.0 Å². The van der Waals surface area contributed by atoms with E-state index < -0.39 is 5.60 Å². The van der Waals surface area contributed by atoms with Crippen molar-refractivity contribution in [2.75, 3.05) is 6.61 Å². The van der Waals surface area contributed by atoms with Crippen molar-refractivity contribution in [3.63, 3.8) is 0 Å². The second-order valence-electron chi connectivity index (χ2n) is 5.85. The van der Waals surface area contributed by atoms with Crippen LogP contribution in [0.2, 0.25) is 0 Å². The largest absolute Gasteiger partial charge is 0.494 e. The van der Waals surface area contributed by atoms with Gasteiger partial charge in [-0.25, -0.2) is 0 Å². The average Bonchev–Trinajstić information content (AvgIpc) is 2.32. The molecule has 0 amide bonds. The first-order chi connectivity index (χ1) is 9.22. The van der Waals surface area contributed by atoms with Crippen molar-refractivity contribution < 1.29 is 14.6 Å². The topological polar surface area (TPSA) is 46.5 Å². The number of benzene rings is 1. The summed E-state index contributed by atoms with van der Waals surface area (Å²) in [5, 5.41) is 8.52. The lowest BCUT2D eigenvalue weighted by Crippen LogP contribution is -2.10. The van der Waals surface area contributed by atoms with Crippen molar-refractivity contribution in [1.82, 2.24) is 0 Å². The molecule has 1 N–H and O–H groups in total. The van der Waals surface area contributed by atoms with Crippen LogP contribution in [0.3, 0.4) is 0 Å². The number of hydrogen-bond acceptors (Lipinski definition) is 3. The van der Waals surface area contributed by atoms with Crippen LogP contribution >= 0.6 is 0 Å². The van der Waals surface area contributed by atoms with Crippen LogP contribution in [0.1, 0.15) is 47.1 Å². The molecule has 20 heavy (non-hydrogen) atoms. The van der Waals surface area contributed by atoms with Gasteiger partial charge in [0.1, 0.15) is 12.5 Å². The standard InChI is InChI=1S/C12H18O.C4H10O.CH2O/c1-4-13-12-7-5-11(6-8-12)9-10(2)3;1-4(2,3)5;1-2/h5-8,10H,4,9H2,1-3H3;5H,1-3H3;1H2. The molecule has 1 aromatic carbocycles. The third-order valence-corrected chi connectivity index (χ3v) is 1.88. The molecule has 0 saturated carbocycles. The van der Waals surface area contributed by atoms with E-state index in [1.54, 1.807) is 20.8 Å². The van der Waals surface area contributed by atoms with Gasteiger partial charge < -0.3 is 14.6 Å². The molecule has 0 heterocycles. The summed E-state index contributed by atoms with van der Waals surface area (Å²) in [6.07, 6.45) is 1.15. The fraction of sp³-hybridized carbons (Fsp3) is 0.588. The van der Waals surface area contributed by atoms with E-state index in [0.29, 0.717) is 0 Å². The highest BCUT2D eigenvalue weighted by atomic mass is 16.5. The molecule has 0 radical (unpaired) electrons. The SMILES string of the molecule is C=O.CC(C)(C)O.CCOc1ccc(CC(C)C)cc1. The van der Waals surface area contributed by atoms with E-state index in [4.69, 9.17) is 14.6 Å². The molecule has 116 valence electrons. The van der Waals surface area contributed by atoms with Crippen LogP contribution in [-0.4, -0.2) is 24.1 Å². The molecule has 0 aliphatic heterocycles. The maximum absolute atomic E-state index is 8.52. The Labute approximate surface area is 124 Å². The molecule has 0 spiro atoms. The molecular formula is C17H30O3. The van der Waals surface area contributed by atoms with Gasteiger partial charge in [0, 0.05) is 0 Å². The second-order valence-corrected chi connectivity index (χ2v) is 5.85. The van der Waals surface area contributed by atoms with E-state index in [0.717, 1.165) is 24.7 Å². The summed E-state index contributed by atoms with van der Waals surface area (Å²) in [6, 6.07) is 8.37. The second kappa shape index (κ2) is 11.5. The summed E-state index contributed by atoms with van der Waals surface area (Å²) in [7, 11) is 0. The maximum Gasteiger partial charge on any atom is 0.119 e. The first-order valence-corrected chi connectivity index (χ1v) is 6.95. The zero-order chi connectivity index (χ0) is 16.2. The summed E-state index contributed by atoms with van der Waals surface area (Å²) in [5.41, 5.74) is 0.887. The van der Waals surface area contributed by atoms with Gasteiger partial charge in [-0.3, -0.25) is 0 Å². The zero-order valence-corrected chi connectivity index (χ0v) is 13.8. The highest BCUT2D eigenvalue weighted by Gasteiger charge is 1.98. The third kappa shape index (κ3) is 16.6. The molecule has 0 atom stereocenters. The van der Waals surface area contributed by atoms with Crippen LogP contribution in [0.4, 0.5) is 0 Å². The first kappa shape index (κ1) is 21.0. The van der Waals surface area contributed by atoms with Gasteiger partial charge >= 0.3 is 0 Å². The Kier molecular flexibility index (Phi) is 12.0. The smallest absolute Gasteiger partial charge is 0.119 e. The number of carbonyl (C=O) groups excluding carboxylic acids is 1. The van der Waals surface area contributed by atoms with E-state index in [9.17, 15) is 0 Å². The van der Waals surface area contributed by atoms with Crippen LogP contribution < -0.4 is 4.74 Å². The molecule has 3 nitrogen and oxygen atoms in total. The zero-order valence-electron chi connectivity index (χ0n) is 13.8. The van der Waals surface area contributed by atoms with Crippen LogP contribution in [-0.2, 0) is 11.2 Å². The fourth-order valence-corrected chi connectivity index (χ4v) is 1.36. The average molecular weight is 282 g/mol. The van der Waals surface area contributed by atoms with Crippen LogP contribution in [0.5, 0.6) is 5.75 Å². The van der Waals surface area contributed by atoms with E-state index in [2.05, 4.69) is 26.0 Å². The lowest BCUT2D eigenvalue weighted by Gasteiger charge is -2.06. The Bertz CT molecular complexity index is 317. The molecular weight excluding hydrogens is 252 g/mol. The maximum atomic E-state index is 8.52. The highest BCUT2D eigenvalue weighted by molar-refractivity contribution is 5.27. The molecule has 1 rings (SSSR count). The number of ether oxygens (including phenoxy) is 1. The van der Waals surface area contributed by atoms with Crippen LogP contribution in [0.15, 0.2) is 24.3 Å². The van der Waals surface area contributed by atoms with E-state index in [1.165, 1.54) is 5.56 Å². The lowest BCUT2D eigenvalue weighted by atomic mass is 10.0. The van der Waals surface area contributed by atoms with E-state index in [1.807, 2.05) is 25.8 Å². The Morgan fingerprint density at radius 2 is 1.55 bits per heavy atom. The van der Waals surface area contributed by atoms with Gasteiger partial charge in [0.05, 0.1) is 12.2 Å². The summed E-state index contributed by atoms with van der Waals surface area (Å²) < 4.78 is 5.37. The fourth-order valence-electron chi connectivity index (χ4n) is 1.36. The third-order valence-electron chi connectivity index (χ3n) is 1.88. The molecule has 0 bridgehead atoms. The minimum atomic E-state index is -0.500. The highest BCUT2D eigenvalue weighted by Crippen LogP contribution is 2.14. The van der Waals surface area contributed by atoms with Crippen molar-refractivity contribution in [2.45, 2.75) is 53.6 Å². The normalized spacial score (nSPS) is 10.0. The quantitative estimate of drug-likeness (QED) is 0.911. The molecule has 0 unspecified atom stereocenters. The van der Waals surface area contributed by atoms with Gasteiger partial charge in [0.2, 0.25) is 0 Å². The molecule has 0 fully saturated rings. The lowest BCUT2D eigenvalue weighted by molar-refractivity contribution is -0.0980. The van der Waals surface area contributed by atoms with Gasteiger partial charge in [0.25, 0.3) is 0 Å². The molecule has 0 saturated heterocycles. The Morgan fingerprint density at radius 3 is 1.85 bits per heavy atom. The number of carbonyl (C=O) groups is 1. The van der Waals surface area contributed by atoms with Gasteiger partial charge in [-0.15, -0.1) is 0 Å². The number of hydrogen-bond donors (Lipinski definition) is 1. The number of rotatable bonds is 4. The van der Waals surface area contributed by atoms with Gasteiger partial charge in [0.15, 0.2) is 0 Å². The molecule has 1 aromatic rings. The predicted molar refractivity (Wildman–Crippen MR) is 85.2 cm³/mol. The summed E-state index contributed by atoms with van der Waals surface area (Å²) in [6.45, 7) is 14.4. The van der Waals surface area contributed by atoms with Crippen molar-refractivity contribution in [3.05, 3.63) is 29.8 Å². The van der Waals surface area contributed by atoms with E-state index >= 15 is 0 Å². The van der Waals surface area contributed by atoms with Crippen LogP contribution in [0.25, 0.3) is 0 Å². The Morgan fingerprint density at radius 1 is 1.15 bits per heavy atom. The van der Waals surface area contributed by atoms with Crippen molar-refractivity contribution in [2.24, 2.45) is 5.92 Å². The molecule has 0 aromatic heterocycles. The number of aliphatic hydroxyl groups is 1. The van der Waals surface area contributed by atoms with E-state index in [-0.39, 0.29) is 0 Å². The predicted octanol–water partition coefficient (Wildman–Crippen LogP) is 3.88. The first-order valence-electron chi connectivity index (χ1n) is 6.95. The molecule has 0 aliphatic rings. The Balaban J connectivity index is 0. The van der Waals surface area contributed by atoms with Crippen molar-refractivity contribution in [3.8, 4) is 5.75 Å². The minimum absolute atomic E-state index is 0.500. The molecule has 0 aliphatic carbocycles. The summed E-state index contributed by atoms with van der Waals surface area (Å²) in [5.74, 6) is 1.69.